The van der Waals surface area contributed by atoms with Gasteiger partial charge < -0.3 is 34.2 Å². The maximum atomic E-state index is 12.9. The molecule has 0 aromatic rings. The van der Waals surface area contributed by atoms with Crippen molar-refractivity contribution in [2.45, 2.75) is 322 Å². The first-order valence-electron chi connectivity index (χ1n) is 39.8. The molecule has 5 unspecified atom stereocenters. The Bertz CT molecular complexity index is 2500. The third-order valence-corrected chi connectivity index (χ3v) is 18.1. The first-order valence-corrected chi connectivity index (χ1v) is 42.8. The molecule has 0 spiro atoms. The van der Waals surface area contributed by atoms with Crippen molar-refractivity contribution in [2.24, 2.45) is 0 Å². The Morgan fingerprint density at radius 3 is 0.816 bits per heavy atom. The van der Waals surface area contributed by atoms with Crippen LogP contribution in [-0.4, -0.2) is 95.9 Å². The molecule has 588 valence electrons. The first kappa shape index (κ1) is 98.2. The van der Waals surface area contributed by atoms with Crippen LogP contribution in [-0.2, 0) is 55.8 Å². The van der Waals surface area contributed by atoms with Gasteiger partial charge in [0.1, 0.15) is 25.4 Å². The van der Waals surface area contributed by atoms with E-state index in [1.165, 1.54) is 57.8 Å². The van der Waals surface area contributed by atoms with Gasteiger partial charge in [-0.15, -0.1) is 0 Å². The molecule has 0 saturated carbocycles. The Hall–Kier alpha value is -4.83. The van der Waals surface area contributed by atoms with Gasteiger partial charge in [0.25, 0.3) is 0 Å². The minimum Gasteiger partial charge on any atom is -0.463 e. The maximum absolute atomic E-state index is 12.9. The van der Waals surface area contributed by atoms with Crippen molar-refractivity contribution >= 4 is 33.6 Å². The van der Waals surface area contributed by atoms with Crippen molar-refractivity contribution in [1.29, 1.82) is 0 Å². The van der Waals surface area contributed by atoms with E-state index in [4.69, 9.17) is 32.3 Å². The maximum Gasteiger partial charge on any atom is 0.472 e. The zero-order chi connectivity index (χ0) is 75.2. The van der Waals surface area contributed by atoms with E-state index in [0.717, 1.165) is 186 Å². The third kappa shape index (κ3) is 78.1. The molecule has 0 saturated heterocycles. The van der Waals surface area contributed by atoms with Crippen molar-refractivity contribution < 1.29 is 75.8 Å². The van der Waals surface area contributed by atoms with Crippen molar-refractivity contribution in [3.63, 3.8) is 0 Å². The highest BCUT2D eigenvalue weighted by molar-refractivity contribution is 7.47. The fraction of sp³-hybridized carbons (Fsp3) is 0.659. The van der Waals surface area contributed by atoms with Crippen molar-refractivity contribution in [3.05, 3.63) is 158 Å². The zero-order valence-electron chi connectivity index (χ0n) is 64.2. The fourth-order valence-corrected chi connectivity index (χ4v) is 11.8. The van der Waals surface area contributed by atoms with Crippen molar-refractivity contribution in [3.8, 4) is 0 Å². The van der Waals surface area contributed by atoms with E-state index >= 15 is 0 Å². The number of rotatable bonds is 74. The number of carbonyl (C=O) groups excluding carboxylic acids is 3. The van der Waals surface area contributed by atoms with Gasteiger partial charge in [-0.25, -0.2) is 9.13 Å². The van der Waals surface area contributed by atoms with Gasteiger partial charge in [0.2, 0.25) is 0 Å². The van der Waals surface area contributed by atoms with Gasteiger partial charge in [0.05, 0.1) is 26.4 Å². The topological polar surface area (TPSA) is 231 Å². The molecule has 103 heavy (non-hydrogen) atoms. The average molecular weight is 1480 g/mol. The Labute approximate surface area is 625 Å². The summed E-state index contributed by atoms with van der Waals surface area (Å²) < 4.78 is 61.1. The number of phosphoric acid groups is 2. The quantitative estimate of drug-likeness (QED) is 0.0146. The molecule has 0 rings (SSSR count). The Morgan fingerprint density at radius 1 is 0.282 bits per heavy atom. The molecule has 5 atom stereocenters. The number of unbranched alkanes of at least 4 members (excludes halogenated alkanes) is 25. The number of hydrogen-bond acceptors (Lipinski definition) is 14. The number of ether oxygens (including phenoxy) is 3. The van der Waals surface area contributed by atoms with Crippen LogP contribution < -0.4 is 0 Å². The van der Waals surface area contributed by atoms with Gasteiger partial charge in [-0.2, -0.15) is 0 Å². The lowest BCUT2D eigenvalue weighted by atomic mass is 10.1. The summed E-state index contributed by atoms with van der Waals surface area (Å²) in [6, 6.07) is 0. The fourth-order valence-electron chi connectivity index (χ4n) is 10.2. The second kappa shape index (κ2) is 76.8. The van der Waals surface area contributed by atoms with Crippen LogP contribution in [0.3, 0.4) is 0 Å². The lowest BCUT2D eigenvalue weighted by Gasteiger charge is -2.21. The summed E-state index contributed by atoms with van der Waals surface area (Å²) in [4.78, 5) is 58.6. The van der Waals surface area contributed by atoms with Gasteiger partial charge in [-0.1, -0.05) is 301 Å². The first-order chi connectivity index (χ1) is 50.2. The van der Waals surface area contributed by atoms with E-state index in [9.17, 15) is 43.5 Å². The third-order valence-electron chi connectivity index (χ3n) is 16.2. The van der Waals surface area contributed by atoms with E-state index < -0.39 is 91.5 Å². The Morgan fingerprint density at radius 2 is 0.515 bits per heavy atom. The van der Waals surface area contributed by atoms with Gasteiger partial charge in [0, 0.05) is 19.3 Å². The van der Waals surface area contributed by atoms with Crippen LogP contribution in [0.1, 0.15) is 303 Å². The van der Waals surface area contributed by atoms with E-state index in [0.29, 0.717) is 19.3 Å². The Kier molecular flexibility index (Phi) is 73.2. The number of hydrogen-bond donors (Lipinski definition) is 4. The van der Waals surface area contributed by atoms with Crippen LogP contribution in [0.2, 0.25) is 0 Å². The molecule has 0 heterocycles. The highest BCUT2D eigenvalue weighted by atomic mass is 31.2. The van der Waals surface area contributed by atoms with Crippen LogP contribution in [0.15, 0.2) is 158 Å². The molecule has 0 radical (unpaired) electrons. The molecule has 0 aromatic carbocycles. The number of aliphatic hydroxyl groups excluding tert-OH is 2. The number of allylic oxidation sites excluding steroid dienone is 26. The van der Waals surface area contributed by atoms with Gasteiger partial charge >= 0.3 is 33.6 Å². The van der Waals surface area contributed by atoms with E-state index in [1.54, 1.807) is 0 Å². The lowest BCUT2D eigenvalue weighted by molar-refractivity contribution is -0.161. The Balaban J connectivity index is 4.52. The molecule has 16 nitrogen and oxygen atoms in total. The molecule has 18 heteroatoms. The number of phosphoric ester groups is 2. The average Bonchev–Trinajstić information content (AvgIpc) is 0.923. The summed E-state index contributed by atoms with van der Waals surface area (Å²) in [6.45, 7) is 2.36. The summed E-state index contributed by atoms with van der Waals surface area (Å²) in [6.07, 6.45) is 95.8. The predicted molar refractivity (Wildman–Crippen MR) is 426 cm³/mol. The summed E-state index contributed by atoms with van der Waals surface area (Å²) in [7, 11) is -9.80. The van der Waals surface area contributed by atoms with Crippen LogP contribution in [0.5, 0.6) is 0 Å². The van der Waals surface area contributed by atoms with Gasteiger partial charge in [-0.3, -0.25) is 32.5 Å². The molecule has 0 aromatic heterocycles. The minimum absolute atomic E-state index is 0.0830. The van der Waals surface area contributed by atoms with Crippen LogP contribution >= 0.6 is 15.6 Å². The SMILES string of the molecule is CC/C=C\C/C=C\C/C=C\C/C=C\C/C=C\C/C=C\CCCCCCCCCCCCC(=O)OCC(O)COP(=O)(O)OCC(O)COP(=O)(O)OCC(COC(=O)CCCCCCCCCCC/C=C\C/C=C\C/C=C\C/C=C\C/C=C\CC)OC(=O)CCCCCCC/C=C\C/C=C\CCC. The summed E-state index contributed by atoms with van der Waals surface area (Å²) in [5.74, 6) is -1.61. The second-order valence-electron chi connectivity index (χ2n) is 26.1. The second-order valence-corrected chi connectivity index (χ2v) is 29.0. The molecular weight excluding hydrogens is 1340 g/mol. The smallest absolute Gasteiger partial charge is 0.463 e. The highest BCUT2D eigenvalue weighted by Crippen LogP contribution is 2.45. The largest absolute Gasteiger partial charge is 0.472 e. The van der Waals surface area contributed by atoms with E-state index in [1.807, 2.05) is 0 Å². The van der Waals surface area contributed by atoms with Crippen LogP contribution in [0.25, 0.3) is 0 Å². The normalized spacial score (nSPS) is 14.8. The van der Waals surface area contributed by atoms with E-state index in [-0.39, 0.29) is 19.3 Å². The lowest BCUT2D eigenvalue weighted by Crippen LogP contribution is -2.30. The molecular formula is C85H142O16P2. The van der Waals surface area contributed by atoms with Crippen LogP contribution in [0, 0.1) is 0 Å². The molecule has 0 bridgehead atoms. The number of esters is 3. The molecule has 4 N–H and O–H groups in total. The summed E-state index contributed by atoms with van der Waals surface area (Å²) in [5.41, 5.74) is 0. The minimum atomic E-state index is -4.94. The molecule has 0 aliphatic heterocycles. The predicted octanol–water partition coefficient (Wildman–Crippen LogP) is 23.4. The van der Waals surface area contributed by atoms with Crippen molar-refractivity contribution in [1.82, 2.24) is 0 Å². The summed E-state index contributed by atoms with van der Waals surface area (Å²) >= 11 is 0. The molecule has 0 amide bonds. The number of carbonyl (C=O) groups is 3. The van der Waals surface area contributed by atoms with Gasteiger partial charge in [0.15, 0.2) is 6.10 Å². The van der Waals surface area contributed by atoms with E-state index in [2.05, 4.69) is 179 Å². The molecule has 0 aliphatic carbocycles. The highest BCUT2D eigenvalue weighted by Gasteiger charge is 2.29. The summed E-state index contributed by atoms with van der Waals surface area (Å²) in [5, 5.41) is 20.6. The molecule has 0 aliphatic rings. The standard InChI is InChI=1S/C85H142O16P2/c1-4-7-10-13-16-19-22-25-27-29-31-33-35-37-38-39-40-42-44-45-47-49-51-54-56-59-62-65-68-71-83(88)95-74-80(86)75-97-102(91,92)98-76-81(87)77-99-103(93,94)100-79-82(101-85(90)73-70-67-64-61-58-53-24-21-18-15-12-9-6-3)78-96-84(89)72-69-66-63-60-57-55-52-50-48-46-43-41-36-34-32-30-28-26-23-20-17-14-11-8-5-2/h7-8,10-12,15-17,19-21,24-28,31-34,37-38,40-43,80-82,86-87H,4-6,9,13-14,18,22-23,29-30,35-36,39,44-79H2,1-3H3,(H,91,92)(H,93,94)/b10-7-,11-8-,15-12-,19-16-,20-17-,24-21-,27-25-,28-26-,33-31-,34-32-,38-37-,42-40-,43-41-. The van der Waals surface area contributed by atoms with Crippen LogP contribution in [0.4, 0.5) is 0 Å². The number of aliphatic hydroxyl groups is 2. The molecule has 0 fully saturated rings. The monoisotopic (exact) mass is 1480 g/mol. The zero-order valence-corrected chi connectivity index (χ0v) is 66.0. The van der Waals surface area contributed by atoms with Crippen molar-refractivity contribution in [2.75, 3.05) is 39.6 Å². The van der Waals surface area contributed by atoms with Gasteiger partial charge in [-0.05, 0) is 141 Å².